The topological polar surface area (TPSA) is 42.9 Å². The van der Waals surface area contributed by atoms with Crippen LogP contribution >= 0.6 is 0 Å². The van der Waals surface area contributed by atoms with E-state index >= 15 is 0 Å². The van der Waals surface area contributed by atoms with Crippen LogP contribution in [0.2, 0.25) is 0 Å². The van der Waals surface area contributed by atoms with Gasteiger partial charge in [0, 0.05) is 16.7 Å². The van der Waals surface area contributed by atoms with Crippen LogP contribution in [0.3, 0.4) is 0 Å². The first kappa shape index (κ1) is 14.1. The van der Waals surface area contributed by atoms with Crippen LogP contribution in [0.15, 0.2) is 60.8 Å². The molecule has 0 saturated carbocycles. The van der Waals surface area contributed by atoms with Crippen molar-refractivity contribution in [1.82, 2.24) is 10.2 Å². The summed E-state index contributed by atoms with van der Waals surface area (Å²) in [7, 11) is 0. The Kier molecular flexibility index (Phi) is 3.74. The van der Waals surface area contributed by atoms with E-state index in [4.69, 9.17) is 0 Å². The SMILES string of the molecule is Cc1ccc(C(=O)c2cnnc(-c3cccc(F)c3)c2)cc1. The van der Waals surface area contributed by atoms with Gasteiger partial charge in [-0.15, -0.1) is 0 Å². The molecule has 0 radical (unpaired) electrons. The van der Waals surface area contributed by atoms with Gasteiger partial charge in [0.15, 0.2) is 5.78 Å². The van der Waals surface area contributed by atoms with Crippen molar-refractivity contribution in [2.45, 2.75) is 6.92 Å². The molecule has 3 rings (SSSR count). The van der Waals surface area contributed by atoms with E-state index in [-0.39, 0.29) is 11.6 Å². The number of carbonyl (C=O) groups is 1. The highest BCUT2D eigenvalue weighted by atomic mass is 19.1. The van der Waals surface area contributed by atoms with E-state index < -0.39 is 0 Å². The molecule has 0 aliphatic carbocycles. The zero-order valence-corrected chi connectivity index (χ0v) is 12.0. The summed E-state index contributed by atoms with van der Waals surface area (Å²) in [4.78, 5) is 12.5. The monoisotopic (exact) mass is 292 g/mol. The van der Waals surface area contributed by atoms with E-state index in [2.05, 4.69) is 10.2 Å². The smallest absolute Gasteiger partial charge is 0.194 e. The van der Waals surface area contributed by atoms with Crippen LogP contribution in [0, 0.1) is 12.7 Å². The predicted octanol–water partition coefficient (Wildman–Crippen LogP) is 3.82. The lowest BCUT2D eigenvalue weighted by Gasteiger charge is -2.04. The van der Waals surface area contributed by atoms with Gasteiger partial charge >= 0.3 is 0 Å². The van der Waals surface area contributed by atoms with Crippen molar-refractivity contribution in [3.8, 4) is 11.3 Å². The molecule has 0 aliphatic heterocycles. The number of ketones is 1. The molecule has 2 aromatic carbocycles. The van der Waals surface area contributed by atoms with E-state index in [9.17, 15) is 9.18 Å². The summed E-state index contributed by atoms with van der Waals surface area (Å²) in [5.74, 6) is -0.484. The molecule has 3 aromatic rings. The second-order valence-corrected chi connectivity index (χ2v) is 5.03. The fraction of sp³-hybridized carbons (Fsp3) is 0.0556. The summed E-state index contributed by atoms with van der Waals surface area (Å²) in [6, 6.07) is 15.0. The molecule has 0 aliphatic rings. The molecule has 0 saturated heterocycles. The van der Waals surface area contributed by atoms with Crippen LogP contribution in [-0.4, -0.2) is 16.0 Å². The third-order valence-corrected chi connectivity index (χ3v) is 3.35. The molecule has 0 fully saturated rings. The average Bonchev–Trinajstić information content (AvgIpc) is 2.55. The maximum absolute atomic E-state index is 13.3. The zero-order valence-electron chi connectivity index (χ0n) is 12.0. The number of aromatic nitrogens is 2. The number of benzene rings is 2. The summed E-state index contributed by atoms with van der Waals surface area (Å²) < 4.78 is 13.3. The first-order chi connectivity index (χ1) is 10.6. The van der Waals surface area contributed by atoms with Crippen molar-refractivity contribution in [2.75, 3.05) is 0 Å². The molecular formula is C18H13FN2O. The van der Waals surface area contributed by atoms with Crippen LogP contribution in [-0.2, 0) is 0 Å². The Morgan fingerprint density at radius 1 is 1.00 bits per heavy atom. The number of hydrogen-bond acceptors (Lipinski definition) is 3. The van der Waals surface area contributed by atoms with Gasteiger partial charge in [-0.1, -0.05) is 42.0 Å². The molecule has 3 nitrogen and oxygen atoms in total. The standard InChI is InChI=1S/C18H13FN2O/c1-12-5-7-13(8-6-12)18(22)15-10-17(21-20-11-15)14-3-2-4-16(19)9-14/h2-11H,1H3. The van der Waals surface area contributed by atoms with E-state index in [1.54, 1.807) is 30.3 Å². The molecule has 0 amide bonds. The van der Waals surface area contributed by atoms with Crippen molar-refractivity contribution < 1.29 is 9.18 Å². The summed E-state index contributed by atoms with van der Waals surface area (Å²) in [5, 5.41) is 7.83. The molecular weight excluding hydrogens is 279 g/mol. The molecule has 0 bridgehead atoms. The third kappa shape index (κ3) is 2.91. The zero-order chi connectivity index (χ0) is 15.5. The Labute approximate surface area is 127 Å². The fourth-order valence-corrected chi connectivity index (χ4v) is 2.15. The van der Waals surface area contributed by atoms with Gasteiger partial charge in [0.05, 0.1) is 11.9 Å². The van der Waals surface area contributed by atoms with Gasteiger partial charge in [0.2, 0.25) is 0 Å². The minimum atomic E-state index is -0.352. The predicted molar refractivity (Wildman–Crippen MR) is 82.0 cm³/mol. The van der Waals surface area contributed by atoms with E-state index in [1.165, 1.54) is 18.3 Å². The van der Waals surface area contributed by atoms with E-state index in [0.717, 1.165) is 5.56 Å². The maximum atomic E-state index is 13.3. The minimum absolute atomic E-state index is 0.132. The summed E-state index contributed by atoms with van der Waals surface area (Å²) in [5.41, 5.74) is 3.16. The highest BCUT2D eigenvalue weighted by molar-refractivity contribution is 6.09. The van der Waals surface area contributed by atoms with Gasteiger partial charge in [-0.3, -0.25) is 4.79 Å². The summed E-state index contributed by atoms with van der Waals surface area (Å²) in [6.07, 6.45) is 1.42. The molecule has 108 valence electrons. The van der Waals surface area contributed by atoms with Crippen molar-refractivity contribution in [3.05, 3.63) is 83.3 Å². The largest absolute Gasteiger partial charge is 0.289 e. The van der Waals surface area contributed by atoms with Crippen LogP contribution in [0.5, 0.6) is 0 Å². The van der Waals surface area contributed by atoms with Crippen LogP contribution < -0.4 is 0 Å². The lowest BCUT2D eigenvalue weighted by atomic mass is 10.0. The van der Waals surface area contributed by atoms with Crippen LogP contribution in [0.25, 0.3) is 11.3 Å². The lowest BCUT2D eigenvalue weighted by molar-refractivity contribution is 0.103. The van der Waals surface area contributed by atoms with Crippen LogP contribution in [0.1, 0.15) is 21.5 Å². The molecule has 0 atom stereocenters. The molecule has 0 unspecified atom stereocenters. The summed E-state index contributed by atoms with van der Waals surface area (Å²) in [6.45, 7) is 1.96. The first-order valence-electron chi connectivity index (χ1n) is 6.83. The maximum Gasteiger partial charge on any atom is 0.194 e. The molecule has 1 heterocycles. The van der Waals surface area contributed by atoms with Crippen molar-refractivity contribution in [2.24, 2.45) is 0 Å². The minimum Gasteiger partial charge on any atom is -0.289 e. The number of nitrogens with zero attached hydrogens (tertiary/aromatic N) is 2. The van der Waals surface area contributed by atoms with Gasteiger partial charge in [-0.05, 0) is 25.1 Å². The van der Waals surface area contributed by atoms with Crippen molar-refractivity contribution in [3.63, 3.8) is 0 Å². The normalized spacial score (nSPS) is 10.5. The Morgan fingerprint density at radius 3 is 2.50 bits per heavy atom. The highest BCUT2D eigenvalue weighted by Crippen LogP contribution is 2.19. The van der Waals surface area contributed by atoms with E-state index in [1.807, 2.05) is 19.1 Å². The summed E-state index contributed by atoms with van der Waals surface area (Å²) >= 11 is 0. The van der Waals surface area contributed by atoms with Crippen molar-refractivity contribution in [1.29, 1.82) is 0 Å². The number of carbonyl (C=O) groups excluding carboxylic acids is 1. The lowest BCUT2D eigenvalue weighted by Crippen LogP contribution is -2.03. The van der Waals surface area contributed by atoms with Gasteiger partial charge in [0.25, 0.3) is 0 Å². The quantitative estimate of drug-likeness (QED) is 0.689. The molecule has 22 heavy (non-hydrogen) atoms. The molecule has 0 N–H and O–H groups in total. The Bertz CT molecular complexity index is 829. The van der Waals surface area contributed by atoms with Crippen LogP contribution in [0.4, 0.5) is 4.39 Å². The number of rotatable bonds is 3. The third-order valence-electron chi connectivity index (χ3n) is 3.35. The molecule has 0 spiro atoms. The second-order valence-electron chi connectivity index (χ2n) is 5.03. The number of aryl methyl sites for hydroxylation is 1. The van der Waals surface area contributed by atoms with Crippen molar-refractivity contribution >= 4 is 5.78 Å². The van der Waals surface area contributed by atoms with Gasteiger partial charge < -0.3 is 0 Å². The first-order valence-corrected chi connectivity index (χ1v) is 6.83. The van der Waals surface area contributed by atoms with Gasteiger partial charge in [-0.25, -0.2) is 4.39 Å². The van der Waals surface area contributed by atoms with Gasteiger partial charge in [0.1, 0.15) is 5.82 Å². The molecule has 1 aromatic heterocycles. The average molecular weight is 292 g/mol. The van der Waals surface area contributed by atoms with Gasteiger partial charge in [-0.2, -0.15) is 10.2 Å². The number of hydrogen-bond donors (Lipinski definition) is 0. The Balaban J connectivity index is 1.97. The highest BCUT2D eigenvalue weighted by Gasteiger charge is 2.11. The van der Waals surface area contributed by atoms with E-state index in [0.29, 0.717) is 22.4 Å². The second kappa shape index (κ2) is 5.85. The number of halogens is 1. The Morgan fingerprint density at radius 2 is 1.77 bits per heavy atom. The Hall–Kier alpha value is -2.88. The molecule has 4 heteroatoms. The fourth-order valence-electron chi connectivity index (χ4n) is 2.15.